The Kier molecular flexibility index (Phi) is 7.16. The van der Waals surface area contributed by atoms with E-state index in [1.54, 1.807) is 0 Å². The van der Waals surface area contributed by atoms with E-state index in [9.17, 15) is 9.59 Å². The van der Waals surface area contributed by atoms with Gasteiger partial charge in [0, 0.05) is 55.0 Å². The standard InChI is InChI=1S/C31H36N6O3/c1-3-29(38)36-14-12-35(13-15-36)28-16-24(31(39)34-26-19-40-18-23(26)32)33-25-17-37(11-10-22(25)28)27-9-5-8-21-7-4-6-20(2)30(21)27/h3-9,16,23,26H,1,10-15,17-19,32H2,2H3,(H,34,39)/t23-,26+/m0/s1. The van der Waals surface area contributed by atoms with E-state index in [4.69, 9.17) is 15.5 Å². The third-order valence-electron chi connectivity index (χ3n) is 8.37. The Balaban J connectivity index is 1.34. The molecule has 3 aliphatic heterocycles. The van der Waals surface area contributed by atoms with Gasteiger partial charge in [0.2, 0.25) is 5.91 Å². The number of carbonyl (C=O) groups is 2. The Morgan fingerprint density at radius 2 is 1.82 bits per heavy atom. The molecule has 3 aromatic rings. The minimum atomic E-state index is -0.242. The molecule has 9 heteroatoms. The van der Waals surface area contributed by atoms with E-state index < -0.39 is 0 Å². The third-order valence-corrected chi connectivity index (χ3v) is 8.37. The van der Waals surface area contributed by atoms with Crippen LogP contribution in [0.25, 0.3) is 10.8 Å². The van der Waals surface area contributed by atoms with Crippen molar-refractivity contribution in [3.05, 3.63) is 77.6 Å². The fourth-order valence-electron chi connectivity index (χ4n) is 6.15. The second-order valence-electron chi connectivity index (χ2n) is 10.9. The topological polar surface area (TPSA) is 104 Å². The van der Waals surface area contributed by atoms with Crippen LogP contribution in [-0.2, 0) is 22.5 Å². The zero-order valence-electron chi connectivity index (χ0n) is 22.9. The summed E-state index contributed by atoms with van der Waals surface area (Å²) in [4.78, 5) is 37.0. The molecule has 208 valence electrons. The number of ether oxygens (including phenoxy) is 1. The normalized spacial score (nSPS) is 20.9. The zero-order chi connectivity index (χ0) is 27.8. The number of carbonyl (C=O) groups excluding carboxylic acids is 2. The first-order chi connectivity index (χ1) is 19.4. The van der Waals surface area contributed by atoms with Gasteiger partial charge in [0.25, 0.3) is 5.91 Å². The highest BCUT2D eigenvalue weighted by Crippen LogP contribution is 2.35. The summed E-state index contributed by atoms with van der Waals surface area (Å²) in [6.07, 6.45) is 2.18. The van der Waals surface area contributed by atoms with Crippen molar-refractivity contribution in [3.8, 4) is 0 Å². The third kappa shape index (κ3) is 4.91. The van der Waals surface area contributed by atoms with Crippen molar-refractivity contribution in [1.82, 2.24) is 15.2 Å². The zero-order valence-corrected chi connectivity index (χ0v) is 22.9. The van der Waals surface area contributed by atoms with Crippen LogP contribution in [0.4, 0.5) is 11.4 Å². The van der Waals surface area contributed by atoms with E-state index >= 15 is 0 Å². The molecule has 40 heavy (non-hydrogen) atoms. The molecule has 0 radical (unpaired) electrons. The number of amides is 2. The lowest BCUT2D eigenvalue weighted by atomic mass is 9.97. The minimum absolute atomic E-state index is 0.0485. The Hall–Kier alpha value is -3.95. The minimum Gasteiger partial charge on any atom is -0.378 e. The second-order valence-corrected chi connectivity index (χ2v) is 10.9. The molecule has 0 saturated carbocycles. The molecule has 2 aromatic carbocycles. The van der Waals surface area contributed by atoms with Crippen molar-refractivity contribution in [2.75, 3.05) is 55.7 Å². The van der Waals surface area contributed by atoms with Crippen LogP contribution in [0.5, 0.6) is 0 Å². The van der Waals surface area contributed by atoms with Gasteiger partial charge in [0.15, 0.2) is 0 Å². The number of hydrogen-bond donors (Lipinski definition) is 2. The van der Waals surface area contributed by atoms with Gasteiger partial charge < -0.3 is 30.5 Å². The molecule has 0 aliphatic carbocycles. The van der Waals surface area contributed by atoms with Crippen LogP contribution < -0.4 is 20.9 Å². The summed E-state index contributed by atoms with van der Waals surface area (Å²) in [6.45, 7) is 10.7. The SMILES string of the molecule is C=CC(=O)N1CCN(c2cc(C(=O)N[C@@H]3COC[C@@H]3N)nc3c2CCN(c2cccc4cccc(C)c24)C3)CC1. The number of nitrogens with one attached hydrogen (secondary N) is 1. The molecule has 0 bridgehead atoms. The lowest BCUT2D eigenvalue weighted by Gasteiger charge is -2.39. The first-order valence-electron chi connectivity index (χ1n) is 14.0. The Bertz CT molecular complexity index is 1460. The number of hydrogen-bond acceptors (Lipinski definition) is 7. The number of rotatable bonds is 5. The molecule has 2 saturated heterocycles. The van der Waals surface area contributed by atoms with Gasteiger partial charge in [-0.3, -0.25) is 9.59 Å². The van der Waals surface area contributed by atoms with Gasteiger partial charge in [0.05, 0.1) is 37.5 Å². The number of benzene rings is 2. The smallest absolute Gasteiger partial charge is 0.270 e. The Morgan fingerprint density at radius 1 is 1.05 bits per heavy atom. The van der Waals surface area contributed by atoms with Crippen LogP contribution in [0.3, 0.4) is 0 Å². The lowest BCUT2D eigenvalue weighted by molar-refractivity contribution is -0.126. The van der Waals surface area contributed by atoms with E-state index in [0.717, 1.165) is 24.3 Å². The molecule has 0 spiro atoms. The Morgan fingerprint density at radius 3 is 2.55 bits per heavy atom. The number of nitrogens with two attached hydrogens (primary N) is 1. The molecule has 6 rings (SSSR count). The van der Waals surface area contributed by atoms with Gasteiger partial charge in [-0.2, -0.15) is 0 Å². The highest BCUT2D eigenvalue weighted by molar-refractivity contribution is 5.97. The van der Waals surface area contributed by atoms with Gasteiger partial charge in [-0.1, -0.05) is 36.9 Å². The summed E-state index contributed by atoms with van der Waals surface area (Å²) in [6, 6.07) is 14.3. The molecule has 3 aliphatic rings. The van der Waals surface area contributed by atoms with Crippen LogP contribution >= 0.6 is 0 Å². The van der Waals surface area contributed by atoms with E-state index in [1.807, 2.05) is 11.0 Å². The monoisotopic (exact) mass is 540 g/mol. The van der Waals surface area contributed by atoms with E-state index in [1.165, 1.54) is 33.7 Å². The van der Waals surface area contributed by atoms with Crippen LogP contribution in [0.2, 0.25) is 0 Å². The number of fused-ring (bicyclic) bond motifs is 2. The van der Waals surface area contributed by atoms with Gasteiger partial charge >= 0.3 is 0 Å². The number of nitrogens with zero attached hydrogens (tertiary/aromatic N) is 4. The molecular formula is C31H36N6O3. The summed E-state index contributed by atoms with van der Waals surface area (Å²) in [5.41, 5.74) is 12.1. The molecular weight excluding hydrogens is 504 g/mol. The summed E-state index contributed by atoms with van der Waals surface area (Å²) < 4.78 is 5.45. The van der Waals surface area contributed by atoms with E-state index in [2.05, 4.69) is 65.0 Å². The first-order valence-corrected chi connectivity index (χ1v) is 14.0. The van der Waals surface area contributed by atoms with Crippen molar-refractivity contribution in [1.29, 1.82) is 0 Å². The molecule has 9 nitrogen and oxygen atoms in total. The maximum Gasteiger partial charge on any atom is 0.270 e. The number of piperazine rings is 1. The molecule has 0 unspecified atom stereocenters. The molecule has 2 atom stereocenters. The summed E-state index contributed by atoms with van der Waals surface area (Å²) in [7, 11) is 0. The van der Waals surface area contributed by atoms with Crippen molar-refractivity contribution < 1.29 is 14.3 Å². The average molecular weight is 541 g/mol. The molecule has 2 amide bonds. The maximum atomic E-state index is 13.4. The van der Waals surface area contributed by atoms with Crippen LogP contribution in [0, 0.1) is 6.92 Å². The number of aromatic nitrogens is 1. The maximum absolute atomic E-state index is 13.4. The lowest BCUT2D eigenvalue weighted by Crippen LogP contribution is -2.49. The number of anilines is 2. The van der Waals surface area contributed by atoms with Crippen molar-refractivity contribution in [3.63, 3.8) is 0 Å². The Labute approximate surface area is 234 Å². The van der Waals surface area contributed by atoms with Crippen LogP contribution in [0.15, 0.2) is 55.1 Å². The molecule has 4 heterocycles. The largest absolute Gasteiger partial charge is 0.378 e. The average Bonchev–Trinajstić information content (AvgIpc) is 3.39. The number of aryl methyl sites for hydroxylation is 1. The van der Waals surface area contributed by atoms with Gasteiger partial charge in [-0.05, 0) is 42.5 Å². The summed E-state index contributed by atoms with van der Waals surface area (Å²) >= 11 is 0. The van der Waals surface area contributed by atoms with Crippen molar-refractivity contribution in [2.24, 2.45) is 5.73 Å². The van der Waals surface area contributed by atoms with E-state index in [-0.39, 0.29) is 23.9 Å². The van der Waals surface area contributed by atoms with E-state index in [0.29, 0.717) is 51.6 Å². The summed E-state index contributed by atoms with van der Waals surface area (Å²) in [5, 5.41) is 5.50. The predicted octanol–water partition coefficient (Wildman–Crippen LogP) is 2.40. The predicted molar refractivity (Wildman–Crippen MR) is 157 cm³/mol. The van der Waals surface area contributed by atoms with Gasteiger partial charge in [-0.25, -0.2) is 4.98 Å². The van der Waals surface area contributed by atoms with Crippen molar-refractivity contribution >= 4 is 34.0 Å². The highest BCUT2D eigenvalue weighted by Gasteiger charge is 2.31. The van der Waals surface area contributed by atoms with Crippen LogP contribution in [0.1, 0.15) is 27.3 Å². The molecule has 3 N–H and O–H groups in total. The fraction of sp³-hybridized carbons (Fsp3) is 0.387. The summed E-state index contributed by atoms with van der Waals surface area (Å²) in [5.74, 6) is -0.291. The van der Waals surface area contributed by atoms with Crippen LogP contribution in [-0.4, -0.2) is 79.7 Å². The number of pyridine rings is 1. The molecule has 2 fully saturated rings. The quantitative estimate of drug-likeness (QED) is 0.479. The fourth-order valence-corrected chi connectivity index (χ4v) is 6.15. The first kappa shape index (κ1) is 26.3. The van der Waals surface area contributed by atoms with Gasteiger partial charge in [0.1, 0.15) is 5.69 Å². The highest BCUT2D eigenvalue weighted by atomic mass is 16.5. The van der Waals surface area contributed by atoms with Crippen molar-refractivity contribution in [2.45, 2.75) is 32.0 Å². The second kappa shape index (κ2) is 10.9. The van der Waals surface area contributed by atoms with Gasteiger partial charge in [-0.15, -0.1) is 0 Å². The molecule has 1 aromatic heterocycles.